The molecule has 1 atom stereocenters. The van der Waals surface area contributed by atoms with Crippen LogP contribution in [0.4, 0.5) is 5.69 Å². The molecule has 0 saturated carbocycles. The summed E-state index contributed by atoms with van der Waals surface area (Å²) in [6.07, 6.45) is 0.179. The molecule has 8 nitrogen and oxygen atoms in total. The third-order valence-electron chi connectivity index (χ3n) is 6.20. The van der Waals surface area contributed by atoms with E-state index >= 15 is 0 Å². The first-order valence-corrected chi connectivity index (χ1v) is 11.5. The van der Waals surface area contributed by atoms with Gasteiger partial charge in [0.2, 0.25) is 11.6 Å². The molecule has 1 saturated heterocycles. The molecule has 2 heterocycles. The number of halogens is 1. The van der Waals surface area contributed by atoms with Crippen LogP contribution < -0.4 is 4.90 Å². The predicted molar refractivity (Wildman–Crippen MR) is 126 cm³/mol. The zero-order valence-electron chi connectivity index (χ0n) is 19.3. The molecule has 0 radical (unpaired) electrons. The Kier molecular flexibility index (Phi) is 6.36. The Hall–Kier alpha value is -3.39. The van der Waals surface area contributed by atoms with E-state index in [2.05, 4.69) is 0 Å². The largest absolute Gasteiger partial charge is 0.452 e. The number of esters is 1. The maximum Gasteiger partial charge on any atom is 0.354 e. The summed E-state index contributed by atoms with van der Waals surface area (Å²) in [6.45, 7) is 3.34. The van der Waals surface area contributed by atoms with Crippen molar-refractivity contribution in [3.63, 3.8) is 0 Å². The molecule has 2 aliphatic rings. The van der Waals surface area contributed by atoms with Gasteiger partial charge in [-0.3, -0.25) is 19.3 Å². The standard InChI is InChI=1S/C25H26ClN3O5/c1-16(2)28-23(32)19-9-4-5-10-20(19)29-21(30)11-12-25(28,29)24(33)34-15-22(31)27(3)14-17-7-6-8-18(26)13-17/h4-10,13,16H,11-12,14-15H2,1-3H3. The molecule has 3 amide bonds. The number of hydrogen-bond acceptors (Lipinski definition) is 5. The molecular weight excluding hydrogens is 458 g/mol. The zero-order chi connectivity index (χ0) is 24.6. The number of rotatable bonds is 6. The van der Waals surface area contributed by atoms with E-state index in [4.69, 9.17) is 16.3 Å². The average molecular weight is 484 g/mol. The van der Waals surface area contributed by atoms with Crippen LogP contribution in [0.1, 0.15) is 42.6 Å². The Labute approximate surface area is 203 Å². The van der Waals surface area contributed by atoms with Crippen LogP contribution in [-0.4, -0.2) is 58.8 Å². The minimum absolute atomic E-state index is 0.0859. The van der Waals surface area contributed by atoms with Crippen molar-refractivity contribution in [2.75, 3.05) is 18.6 Å². The smallest absolute Gasteiger partial charge is 0.354 e. The van der Waals surface area contributed by atoms with E-state index in [-0.39, 0.29) is 37.2 Å². The fourth-order valence-corrected chi connectivity index (χ4v) is 4.94. The van der Waals surface area contributed by atoms with Gasteiger partial charge in [0, 0.05) is 37.5 Å². The normalized spacial score (nSPS) is 19.2. The van der Waals surface area contributed by atoms with Gasteiger partial charge in [0.15, 0.2) is 6.61 Å². The van der Waals surface area contributed by atoms with Gasteiger partial charge in [-0.1, -0.05) is 35.9 Å². The second-order valence-electron chi connectivity index (χ2n) is 8.79. The predicted octanol–water partition coefficient (Wildman–Crippen LogP) is 3.23. The van der Waals surface area contributed by atoms with Crippen molar-refractivity contribution in [1.82, 2.24) is 9.80 Å². The van der Waals surface area contributed by atoms with Crippen LogP contribution in [0.25, 0.3) is 0 Å². The van der Waals surface area contributed by atoms with Crippen LogP contribution in [0.5, 0.6) is 0 Å². The van der Waals surface area contributed by atoms with Gasteiger partial charge in [-0.2, -0.15) is 0 Å². The van der Waals surface area contributed by atoms with Crippen molar-refractivity contribution in [2.24, 2.45) is 0 Å². The number of carbonyl (C=O) groups is 4. The van der Waals surface area contributed by atoms with Gasteiger partial charge in [0.25, 0.3) is 11.8 Å². The topological polar surface area (TPSA) is 87.2 Å². The number of likely N-dealkylation sites (N-methyl/N-ethyl adjacent to an activating group) is 1. The lowest BCUT2D eigenvalue weighted by Gasteiger charge is -2.50. The summed E-state index contributed by atoms with van der Waals surface area (Å²) in [7, 11) is 1.60. The van der Waals surface area contributed by atoms with Crippen LogP contribution in [0, 0.1) is 0 Å². The van der Waals surface area contributed by atoms with Crippen LogP contribution in [0.3, 0.4) is 0 Å². The number of fused-ring (bicyclic) bond motifs is 3. The molecule has 4 rings (SSSR count). The number of carbonyl (C=O) groups excluding carboxylic acids is 4. The third-order valence-corrected chi connectivity index (χ3v) is 6.44. The lowest BCUT2D eigenvalue weighted by molar-refractivity contribution is -0.162. The summed E-state index contributed by atoms with van der Waals surface area (Å²) in [5.41, 5.74) is -0.0515. The first kappa shape index (κ1) is 23.8. The van der Waals surface area contributed by atoms with Crippen LogP contribution >= 0.6 is 11.6 Å². The van der Waals surface area contributed by atoms with Crippen molar-refractivity contribution >= 4 is 41.0 Å². The molecular formula is C25H26ClN3O5. The second-order valence-corrected chi connectivity index (χ2v) is 9.22. The summed E-state index contributed by atoms with van der Waals surface area (Å²) in [4.78, 5) is 56.8. The third kappa shape index (κ3) is 3.92. The molecule has 9 heteroatoms. The van der Waals surface area contributed by atoms with Gasteiger partial charge in [-0.25, -0.2) is 4.79 Å². The molecule has 0 aromatic heterocycles. The summed E-state index contributed by atoms with van der Waals surface area (Å²) >= 11 is 6.01. The van der Waals surface area contributed by atoms with Crippen molar-refractivity contribution in [3.05, 3.63) is 64.7 Å². The highest BCUT2D eigenvalue weighted by Gasteiger charge is 2.62. The second kappa shape index (κ2) is 9.10. The molecule has 0 spiro atoms. The van der Waals surface area contributed by atoms with Crippen molar-refractivity contribution in [3.8, 4) is 0 Å². The molecule has 34 heavy (non-hydrogen) atoms. The Bertz CT molecular complexity index is 1170. The minimum Gasteiger partial charge on any atom is -0.452 e. The van der Waals surface area contributed by atoms with Crippen molar-refractivity contribution in [1.29, 1.82) is 0 Å². The molecule has 0 bridgehead atoms. The Balaban J connectivity index is 1.57. The highest BCUT2D eigenvalue weighted by molar-refractivity contribution is 6.30. The van der Waals surface area contributed by atoms with E-state index < -0.39 is 24.1 Å². The summed E-state index contributed by atoms with van der Waals surface area (Å²) < 4.78 is 5.48. The maximum atomic E-state index is 13.5. The summed E-state index contributed by atoms with van der Waals surface area (Å²) in [5.74, 6) is -1.83. The van der Waals surface area contributed by atoms with Crippen molar-refractivity contribution < 1.29 is 23.9 Å². The Morgan fingerprint density at radius 2 is 1.88 bits per heavy atom. The Morgan fingerprint density at radius 3 is 2.59 bits per heavy atom. The number of ether oxygens (including phenoxy) is 1. The van der Waals surface area contributed by atoms with Crippen LogP contribution in [0.15, 0.2) is 48.5 Å². The van der Waals surface area contributed by atoms with E-state index in [0.717, 1.165) is 5.56 Å². The van der Waals surface area contributed by atoms with Gasteiger partial charge in [0.1, 0.15) is 0 Å². The molecule has 0 aliphatic carbocycles. The number of nitrogens with zero attached hydrogens (tertiary/aromatic N) is 3. The van der Waals surface area contributed by atoms with Gasteiger partial charge < -0.3 is 14.5 Å². The molecule has 1 unspecified atom stereocenters. The van der Waals surface area contributed by atoms with E-state index in [1.165, 1.54) is 14.7 Å². The molecule has 178 valence electrons. The van der Waals surface area contributed by atoms with E-state index in [0.29, 0.717) is 16.3 Å². The molecule has 2 aliphatic heterocycles. The summed E-state index contributed by atoms with van der Waals surface area (Å²) in [5, 5.41) is 0.561. The fraction of sp³-hybridized carbons (Fsp3) is 0.360. The highest BCUT2D eigenvalue weighted by Crippen LogP contribution is 2.45. The molecule has 0 N–H and O–H groups in total. The fourth-order valence-electron chi connectivity index (χ4n) is 4.72. The van der Waals surface area contributed by atoms with E-state index in [9.17, 15) is 19.2 Å². The number of para-hydroxylation sites is 1. The first-order chi connectivity index (χ1) is 16.2. The minimum atomic E-state index is -1.62. The number of hydrogen-bond donors (Lipinski definition) is 0. The first-order valence-electron chi connectivity index (χ1n) is 11.1. The lowest BCUT2D eigenvalue weighted by atomic mass is 9.95. The van der Waals surface area contributed by atoms with E-state index in [1.54, 1.807) is 63.4 Å². The van der Waals surface area contributed by atoms with Gasteiger partial charge in [0.05, 0.1) is 11.3 Å². The van der Waals surface area contributed by atoms with Crippen LogP contribution in [-0.2, 0) is 25.7 Å². The molecule has 2 aromatic carbocycles. The van der Waals surface area contributed by atoms with E-state index in [1.807, 2.05) is 6.07 Å². The molecule has 2 aromatic rings. The number of benzene rings is 2. The van der Waals surface area contributed by atoms with Gasteiger partial charge >= 0.3 is 5.97 Å². The van der Waals surface area contributed by atoms with Gasteiger partial charge in [-0.15, -0.1) is 0 Å². The lowest BCUT2D eigenvalue weighted by Crippen LogP contribution is -2.70. The zero-order valence-corrected chi connectivity index (χ0v) is 20.0. The molecule has 1 fully saturated rings. The monoisotopic (exact) mass is 483 g/mol. The Morgan fingerprint density at radius 1 is 1.15 bits per heavy atom. The highest BCUT2D eigenvalue weighted by atomic mass is 35.5. The quantitative estimate of drug-likeness (QED) is 0.589. The summed E-state index contributed by atoms with van der Waals surface area (Å²) in [6, 6.07) is 13.5. The number of anilines is 1. The number of amides is 3. The van der Waals surface area contributed by atoms with Crippen LogP contribution in [0.2, 0.25) is 5.02 Å². The average Bonchev–Trinajstić information content (AvgIpc) is 3.15. The van der Waals surface area contributed by atoms with Gasteiger partial charge in [-0.05, 0) is 43.7 Å². The van der Waals surface area contributed by atoms with Crippen molar-refractivity contribution in [2.45, 2.75) is 44.9 Å². The maximum absolute atomic E-state index is 13.5. The SMILES string of the molecule is CC(C)N1C(=O)c2ccccc2N2C(=O)CCC21C(=O)OCC(=O)N(C)Cc1cccc(Cl)c1.